The molecule has 45 heavy (non-hydrogen) atoms. The number of nitrogens with zero attached hydrogens (tertiary/aromatic N) is 3. The van der Waals surface area contributed by atoms with Crippen molar-refractivity contribution in [2.75, 3.05) is 4.90 Å². The minimum atomic E-state index is -0.906. The van der Waals surface area contributed by atoms with Crippen molar-refractivity contribution in [3.05, 3.63) is 154 Å². The third-order valence-corrected chi connectivity index (χ3v) is 9.36. The average Bonchev–Trinajstić information content (AvgIpc) is 3.65. The predicted octanol–water partition coefficient (Wildman–Crippen LogP) is 7.90. The maximum absolute atomic E-state index is 13.6. The van der Waals surface area contributed by atoms with Crippen LogP contribution in [0.25, 0.3) is 6.08 Å². The molecule has 9 heteroatoms. The third kappa shape index (κ3) is 7.06. The summed E-state index contributed by atoms with van der Waals surface area (Å²) in [5, 5.41) is 20.0. The number of aliphatic hydroxyl groups excluding tert-OH is 1. The van der Waals surface area contributed by atoms with Crippen LogP contribution in [0.2, 0.25) is 0 Å². The van der Waals surface area contributed by atoms with Gasteiger partial charge in [0.2, 0.25) is 5.13 Å². The summed E-state index contributed by atoms with van der Waals surface area (Å²) in [5.41, 5.74) is 4.79. The Balaban J connectivity index is 1.28. The number of anilines is 1. The van der Waals surface area contributed by atoms with Gasteiger partial charge in [-0.1, -0.05) is 132 Å². The molecule has 6 rings (SSSR count). The van der Waals surface area contributed by atoms with E-state index >= 15 is 0 Å². The topological polar surface area (TPSA) is 92.6 Å². The average molecular weight is 632 g/mol. The van der Waals surface area contributed by atoms with Crippen LogP contribution in [0.5, 0.6) is 5.75 Å². The molecule has 0 saturated carbocycles. The Morgan fingerprint density at radius 3 is 2.31 bits per heavy atom. The lowest BCUT2D eigenvalue weighted by molar-refractivity contribution is -0.117. The molecule has 0 saturated heterocycles. The van der Waals surface area contributed by atoms with E-state index in [-0.39, 0.29) is 5.57 Å². The van der Waals surface area contributed by atoms with Gasteiger partial charge in [0.05, 0.1) is 11.6 Å². The first-order valence-corrected chi connectivity index (χ1v) is 16.1. The lowest BCUT2D eigenvalue weighted by Gasteiger charge is -2.24. The van der Waals surface area contributed by atoms with E-state index in [1.807, 2.05) is 67.6 Å². The lowest BCUT2D eigenvalue weighted by Crippen LogP contribution is -2.30. The zero-order chi connectivity index (χ0) is 31.2. The van der Waals surface area contributed by atoms with E-state index in [2.05, 4.69) is 34.5 Å². The highest BCUT2D eigenvalue weighted by molar-refractivity contribution is 8.00. The van der Waals surface area contributed by atoms with Gasteiger partial charge in [0.1, 0.15) is 12.4 Å². The van der Waals surface area contributed by atoms with Gasteiger partial charge >= 0.3 is 0 Å². The van der Waals surface area contributed by atoms with Crippen molar-refractivity contribution in [2.24, 2.45) is 0 Å². The van der Waals surface area contributed by atoms with Gasteiger partial charge < -0.3 is 9.84 Å². The summed E-state index contributed by atoms with van der Waals surface area (Å²) in [5.74, 6) is -0.452. The molecule has 1 aliphatic rings. The first kappa shape index (κ1) is 30.1. The van der Waals surface area contributed by atoms with Crippen molar-refractivity contribution in [2.45, 2.75) is 29.7 Å². The van der Waals surface area contributed by atoms with Crippen LogP contribution in [0.3, 0.4) is 0 Å². The standard InChI is InChI=1S/C36H29N3O4S2/c1-24-12-14-27(15-13-24)23-44-36-38-37-35(45-36)39-32(28-17-19-29(20-18-28)43-22-26-10-6-3-7-11-26)31(33(41)34(39)42)30(40)21-16-25-8-4-2-5-9-25/h2-21,32,41H,22-23H2,1H3/b21-16+. The quantitative estimate of drug-likeness (QED) is 0.0900. The number of ketones is 1. The maximum atomic E-state index is 13.6. The predicted molar refractivity (Wildman–Crippen MR) is 178 cm³/mol. The molecular formula is C36H29N3O4S2. The SMILES string of the molecule is Cc1ccc(CSc2nnc(N3C(=O)C(O)=C(C(=O)/C=C/c4ccccc4)C3c3ccc(OCc4ccccc4)cc3)s2)cc1. The van der Waals surface area contributed by atoms with Crippen LogP contribution in [0.15, 0.2) is 131 Å². The van der Waals surface area contributed by atoms with Crippen LogP contribution in [0, 0.1) is 6.92 Å². The van der Waals surface area contributed by atoms with E-state index in [4.69, 9.17) is 4.74 Å². The Hall–Kier alpha value is -4.99. The molecule has 224 valence electrons. The summed E-state index contributed by atoms with van der Waals surface area (Å²) in [6.07, 6.45) is 3.04. The Bertz CT molecular complexity index is 1850. The Labute approximate surface area is 269 Å². The number of hydrogen-bond acceptors (Lipinski definition) is 8. The molecular weight excluding hydrogens is 603 g/mol. The number of allylic oxidation sites excluding steroid dienone is 1. The molecule has 1 aromatic heterocycles. The van der Waals surface area contributed by atoms with E-state index in [1.54, 1.807) is 30.3 Å². The van der Waals surface area contributed by atoms with Crippen molar-refractivity contribution < 1.29 is 19.4 Å². The fourth-order valence-corrected chi connectivity index (χ4v) is 6.69. The van der Waals surface area contributed by atoms with Crippen LogP contribution in [0.1, 0.15) is 33.9 Å². The van der Waals surface area contributed by atoms with Crippen molar-refractivity contribution in [1.82, 2.24) is 10.2 Å². The van der Waals surface area contributed by atoms with E-state index in [9.17, 15) is 14.7 Å². The van der Waals surface area contributed by atoms with Crippen LogP contribution in [-0.4, -0.2) is 27.0 Å². The molecule has 0 radical (unpaired) electrons. The van der Waals surface area contributed by atoms with Gasteiger partial charge in [0.25, 0.3) is 5.91 Å². The van der Waals surface area contributed by atoms with Crippen LogP contribution >= 0.6 is 23.1 Å². The number of carbonyl (C=O) groups excluding carboxylic acids is 2. The normalized spacial score (nSPS) is 14.8. The first-order valence-electron chi connectivity index (χ1n) is 14.3. The molecule has 1 amide bonds. The van der Waals surface area contributed by atoms with Gasteiger partial charge in [0, 0.05) is 5.75 Å². The number of carbonyl (C=O) groups is 2. The van der Waals surface area contributed by atoms with Crippen LogP contribution in [-0.2, 0) is 21.9 Å². The molecule has 1 atom stereocenters. The second kappa shape index (κ2) is 13.8. The van der Waals surface area contributed by atoms with E-state index in [1.165, 1.54) is 39.6 Å². The summed E-state index contributed by atoms with van der Waals surface area (Å²) in [6.45, 7) is 2.44. The van der Waals surface area contributed by atoms with E-state index < -0.39 is 23.5 Å². The first-order chi connectivity index (χ1) is 22.0. The number of aryl methyl sites for hydroxylation is 1. The number of hydrogen-bond donors (Lipinski definition) is 1. The van der Waals surface area contributed by atoms with Gasteiger partial charge in [-0.15, -0.1) is 10.2 Å². The van der Waals surface area contributed by atoms with Gasteiger partial charge in [0.15, 0.2) is 15.9 Å². The molecule has 1 unspecified atom stereocenters. The van der Waals surface area contributed by atoms with Crippen molar-refractivity contribution in [3.8, 4) is 5.75 Å². The number of rotatable bonds is 11. The van der Waals surface area contributed by atoms with E-state index in [0.29, 0.717) is 33.1 Å². The molecule has 1 N–H and O–H groups in total. The van der Waals surface area contributed by atoms with Crippen molar-refractivity contribution in [1.29, 1.82) is 0 Å². The highest BCUT2D eigenvalue weighted by atomic mass is 32.2. The highest BCUT2D eigenvalue weighted by Crippen LogP contribution is 2.43. The molecule has 4 aromatic carbocycles. The lowest BCUT2D eigenvalue weighted by atomic mass is 9.95. The fraction of sp³-hybridized carbons (Fsp3) is 0.111. The minimum absolute atomic E-state index is 0.0193. The van der Waals surface area contributed by atoms with Crippen molar-refractivity contribution in [3.63, 3.8) is 0 Å². The summed E-state index contributed by atoms with van der Waals surface area (Å²) in [7, 11) is 0. The molecule has 7 nitrogen and oxygen atoms in total. The van der Waals surface area contributed by atoms with Gasteiger partial charge in [-0.3, -0.25) is 14.5 Å². The molecule has 0 spiro atoms. The van der Waals surface area contributed by atoms with Gasteiger partial charge in [-0.2, -0.15) is 0 Å². The molecule has 0 bridgehead atoms. The summed E-state index contributed by atoms with van der Waals surface area (Å²) >= 11 is 2.76. The second-order valence-electron chi connectivity index (χ2n) is 10.4. The Morgan fingerprint density at radius 2 is 1.60 bits per heavy atom. The van der Waals surface area contributed by atoms with Crippen LogP contribution < -0.4 is 9.64 Å². The number of thioether (sulfide) groups is 1. The number of amides is 1. The summed E-state index contributed by atoms with van der Waals surface area (Å²) in [6, 6.07) is 33.7. The molecule has 0 aliphatic carbocycles. The number of aromatic nitrogens is 2. The zero-order valence-electron chi connectivity index (χ0n) is 24.4. The monoisotopic (exact) mass is 631 g/mol. The summed E-state index contributed by atoms with van der Waals surface area (Å²) in [4.78, 5) is 28.5. The molecule has 0 fully saturated rings. The van der Waals surface area contributed by atoms with Crippen molar-refractivity contribution >= 4 is 46.0 Å². The zero-order valence-corrected chi connectivity index (χ0v) is 26.0. The highest BCUT2D eigenvalue weighted by Gasteiger charge is 2.45. The molecule has 5 aromatic rings. The van der Waals surface area contributed by atoms with E-state index in [0.717, 1.165) is 16.7 Å². The smallest absolute Gasteiger partial charge is 0.296 e. The summed E-state index contributed by atoms with van der Waals surface area (Å²) < 4.78 is 6.63. The van der Waals surface area contributed by atoms with Gasteiger partial charge in [-0.25, -0.2) is 0 Å². The molecule has 1 aliphatic heterocycles. The Morgan fingerprint density at radius 1 is 0.911 bits per heavy atom. The number of benzene rings is 4. The van der Waals surface area contributed by atoms with Gasteiger partial charge in [-0.05, 0) is 47.4 Å². The minimum Gasteiger partial charge on any atom is -0.503 e. The second-order valence-corrected chi connectivity index (χ2v) is 12.6. The number of ether oxygens (including phenoxy) is 1. The largest absolute Gasteiger partial charge is 0.503 e. The third-order valence-electron chi connectivity index (χ3n) is 7.23. The Kier molecular flexibility index (Phi) is 9.19. The molecule has 2 heterocycles. The van der Waals surface area contributed by atoms with Crippen LogP contribution in [0.4, 0.5) is 5.13 Å². The fourth-order valence-electron chi connectivity index (χ4n) is 4.87. The maximum Gasteiger partial charge on any atom is 0.296 e. The number of aliphatic hydroxyl groups is 1.